The highest BCUT2D eigenvalue weighted by Gasteiger charge is 2.54. The van der Waals surface area contributed by atoms with Crippen molar-refractivity contribution < 1.29 is 89.4 Å². The van der Waals surface area contributed by atoms with Gasteiger partial charge >= 0.3 is 0 Å². The van der Waals surface area contributed by atoms with Crippen LogP contribution in [0.25, 0.3) is 0 Å². The third kappa shape index (κ3) is 51.6. The predicted molar refractivity (Wildman–Crippen MR) is 461 cm³/mol. The van der Waals surface area contributed by atoms with Gasteiger partial charge in [0.15, 0.2) is 18.9 Å². The molecule has 664 valence electrons. The minimum atomic E-state index is -1.99. The molecule has 3 heterocycles. The largest absolute Gasteiger partial charge is 0.394 e. The van der Waals surface area contributed by atoms with E-state index >= 15 is 0 Å². The number of amides is 1. The van der Waals surface area contributed by atoms with E-state index in [1.54, 1.807) is 6.08 Å². The van der Waals surface area contributed by atoms with E-state index in [1.807, 2.05) is 6.08 Å². The van der Waals surface area contributed by atoms with Crippen molar-refractivity contribution in [2.45, 2.75) is 484 Å². The van der Waals surface area contributed by atoms with Gasteiger partial charge in [-0.05, 0) is 83.5 Å². The van der Waals surface area contributed by atoms with Gasteiger partial charge in [0, 0.05) is 6.42 Å². The first-order valence-electron chi connectivity index (χ1n) is 46.8. The second-order valence-corrected chi connectivity index (χ2v) is 33.1. The molecule has 0 aromatic heterocycles. The van der Waals surface area contributed by atoms with E-state index in [0.717, 1.165) is 70.6 Å². The Hall–Kier alpha value is -3.03. The second kappa shape index (κ2) is 73.9. The zero-order valence-corrected chi connectivity index (χ0v) is 71.8. The summed E-state index contributed by atoms with van der Waals surface area (Å²) in [7, 11) is 0. The highest BCUT2D eigenvalue weighted by Crippen LogP contribution is 2.34. The molecule has 3 aliphatic rings. The maximum absolute atomic E-state index is 13.5. The Kier molecular flexibility index (Phi) is 68.1. The smallest absolute Gasteiger partial charge is 0.220 e. The summed E-state index contributed by atoms with van der Waals surface area (Å²) in [6.45, 7) is 1.65. The van der Waals surface area contributed by atoms with Gasteiger partial charge in [0.2, 0.25) is 5.91 Å². The van der Waals surface area contributed by atoms with Crippen LogP contribution < -0.4 is 5.32 Å². The van der Waals surface area contributed by atoms with Crippen LogP contribution in [0, 0.1) is 0 Å². The molecule has 0 aromatic carbocycles. The Labute approximate surface area is 692 Å². The Balaban J connectivity index is 1.32. The Bertz CT molecular complexity index is 2380. The first kappa shape index (κ1) is 105. The third-order valence-corrected chi connectivity index (χ3v) is 22.9. The molecule has 0 saturated carbocycles. The SMILES string of the molecule is CC/C=C\C/C=C\C/C=C\C/C=C\CCCCCCCCCCCCCCCCCCCCCCCCCCC(=O)NC(COC1OC(CO)C(OC2OC(CO)C(OC3OC(CO)C(O)C(O)C3O)C(O)C2O)C(O)C1O)C(O)/C=C/CC/C=C/CC/C=C/CCCCCCCCCCCCCCCCCCCCCCCC. The van der Waals surface area contributed by atoms with Crippen molar-refractivity contribution in [1.82, 2.24) is 5.32 Å². The quantitative estimate of drug-likeness (QED) is 0.0199. The second-order valence-electron chi connectivity index (χ2n) is 33.1. The van der Waals surface area contributed by atoms with Crippen LogP contribution in [-0.2, 0) is 33.2 Å². The molecule has 1 amide bonds. The minimum absolute atomic E-state index is 0.233. The van der Waals surface area contributed by atoms with Crippen LogP contribution in [0.5, 0.6) is 0 Å². The van der Waals surface area contributed by atoms with Gasteiger partial charge < -0.3 is 89.9 Å². The van der Waals surface area contributed by atoms with Gasteiger partial charge in [0.1, 0.15) is 73.2 Å². The van der Waals surface area contributed by atoms with E-state index in [1.165, 1.54) is 276 Å². The number of carbonyl (C=O) groups excluding carboxylic acids is 1. The average Bonchev–Trinajstić information content (AvgIpc) is 0.777. The molecule has 19 heteroatoms. The highest BCUT2D eigenvalue weighted by molar-refractivity contribution is 5.76. The number of allylic oxidation sites excluding steroid dienone is 13. The van der Waals surface area contributed by atoms with Crippen LogP contribution >= 0.6 is 0 Å². The maximum Gasteiger partial charge on any atom is 0.220 e. The van der Waals surface area contributed by atoms with Crippen LogP contribution in [-0.4, -0.2) is 193 Å². The monoisotopic (exact) mass is 1610 g/mol. The van der Waals surface area contributed by atoms with Crippen LogP contribution in [0.2, 0.25) is 0 Å². The summed E-state index contributed by atoms with van der Waals surface area (Å²) in [5.74, 6) is -0.284. The van der Waals surface area contributed by atoms with Crippen molar-refractivity contribution in [3.8, 4) is 0 Å². The molecular weight excluding hydrogens is 1440 g/mol. The summed E-state index contributed by atoms with van der Waals surface area (Å²) in [6, 6.07) is -1.00. The summed E-state index contributed by atoms with van der Waals surface area (Å²) < 4.78 is 34.5. The number of hydrogen-bond acceptors (Lipinski definition) is 18. The number of aliphatic hydroxyl groups is 11. The van der Waals surface area contributed by atoms with Gasteiger partial charge in [-0.3, -0.25) is 4.79 Å². The maximum atomic E-state index is 13.5. The van der Waals surface area contributed by atoms with Crippen LogP contribution in [0.1, 0.15) is 380 Å². The van der Waals surface area contributed by atoms with E-state index in [2.05, 4.69) is 92.1 Å². The number of unbranched alkanes of at least 4 members (excludes halogenated alkanes) is 48. The number of carbonyl (C=O) groups is 1. The fraction of sp³-hybridized carbons (Fsp3) is 0.842. The summed E-state index contributed by atoms with van der Waals surface area (Å²) in [6.07, 6.45) is 74.7. The zero-order valence-electron chi connectivity index (χ0n) is 71.8. The van der Waals surface area contributed by atoms with E-state index in [0.29, 0.717) is 12.8 Å². The van der Waals surface area contributed by atoms with Crippen molar-refractivity contribution in [3.05, 3.63) is 85.1 Å². The number of aliphatic hydroxyl groups excluding tert-OH is 11. The Morgan fingerprint density at radius 2 is 0.614 bits per heavy atom. The molecule has 0 bridgehead atoms. The zero-order chi connectivity index (χ0) is 82.4. The Morgan fingerprint density at radius 3 is 0.982 bits per heavy atom. The molecule has 3 rings (SSSR count). The van der Waals surface area contributed by atoms with Crippen molar-refractivity contribution in [2.24, 2.45) is 0 Å². The van der Waals surface area contributed by atoms with Crippen molar-refractivity contribution in [3.63, 3.8) is 0 Å². The predicted octanol–water partition coefficient (Wildman–Crippen LogP) is 18.5. The fourth-order valence-electron chi connectivity index (χ4n) is 15.5. The molecule has 0 aromatic rings. The van der Waals surface area contributed by atoms with Gasteiger partial charge in [-0.2, -0.15) is 0 Å². The summed E-state index contributed by atoms with van der Waals surface area (Å²) in [4.78, 5) is 13.5. The summed E-state index contributed by atoms with van der Waals surface area (Å²) in [5, 5.41) is 121. The molecular formula is C95H171NO18. The van der Waals surface area contributed by atoms with Crippen molar-refractivity contribution in [2.75, 3.05) is 26.4 Å². The molecule has 0 aliphatic carbocycles. The van der Waals surface area contributed by atoms with Crippen molar-refractivity contribution in [1.29, 1.82) is 0 Å². The summed E-state index contributed by atoms with van der Waals surface area (Å²) in [5.41, 5.74) is 0. The molecule has 0 radical (unpaired) electrons. The number of nitrogens with one attached hydrogen (secondary N) is 1. The molecule has 0 spiro atoms. The Morgan fingerprint density at radius 1 is 0.325 bits per heavy atom. The lowest BCUT2D eigenvalue weighted by atomic mass is 9.96. The molecule has 3 fully saturated rings. The highest BCUT2D eigenvalue weighted by atomic mass is 16.8. The molecule has 3 saturated heterocycles. The topological polar surface area (TPSA) is 307 Å². The number of ether oxygens (including phenoxy) is 6. The van der Waals surface area contributed by atoms with Crippen LogP contribution in [0.3, 0.4) is 0 Å². The van der Waals surface area contributed by atoms with Crippen molar-refractivity contribution >= 4 is 5.91 Å². The van der Waals surface area contributed by atoms with E-state index in [4.69, 9.17) is 28.4 Å². The summed E-state index contributed by atoms with van der Waals surface area (Å²) >= 11 is 0. The minimum Gasteiger partial charge on any atom is -0.394 e. The first-order chi connectivity index (χ1) is 55.8. The van der Waals surface area contributed by atoms with E-state index in [-0.39, 0.29) is 18.9 Å². The molecule has 17 atom stereocenters. The standard InChI is InChI=1S/C95H171NO18/c1-3-5-7-9-11-13-15-17-19-21-23-25-27-29-31-33-35-37-38-39-40-41-43-45-47-49-51-53-55-57-59-61-63-65-67-69-71-73-83(101)96-78(79(100)72-70-68-66-64-62-60-58-56-54-52-50-48-46-44-42-36-34-32-30-28-26-24-22-20-18-16-14-12-10-8-6-4-2)77-109-93-89(107)86(104)91(81(75-98)111-93)114-95-90(108)87(105)92(82(76-99)112-95)113-94-88(106)85(103)84(102)80(74-97)110-94/h5,7,11,13,17,19,23,25,54,56,62,64,70,72,78-82,84-95,97-100,102-108H,3-4,6,8-10,12,14-16,18,20-22,24,26-53,55,57-61,63,65-69,71,73-77H2,1-2H3,(H,96,101)/b7-5-,13-11-,19-17-,25-23-,56-54+,64-62+,72-70+. The van der Waals surface area contributed by atoms with Crippen LogP contribution in [0.4, 0.5) is 0 Å². The first-order valence-corrected chi connectivity index (χ1v) is 46.8. The van der Waals surface area contributed by atoms with Gasteiger partial charge in [-0.15, -0.1) is 0 Å². The molecule has 17 unspecified atom stereocenters. The molecule has 3 aliphatic heterocycles. The fourth-order valence-corrected chi connectivity index (χ4v) is 15.5. The van der Waals surface area contributed by atoms with Gasteiger partial charge in [0.25, 0.3) is 0 Å². The lowest BCUT2D eigenvalue weighted by Gasteiger charge is -2.48. The lowest BCUT2D eigenvalue weighted by molar-refractivity contribution is -0.379. The van der Waals surface area contributed by atoms with Gasteiger partial charge in [-0.1, -0.05) is 375 Å². The van der Waals surface area contributed by atoms with Gasteiger partial charge in [0.05, 0.1) is 38.6 Å². The number of hydrogen-bond donors (Lipinski definition) is 12. The molecule has 12 N–H and O–H groups in total. The average molecular weight is 1620 g/mol. The lowest BCUT2D eigenvalue weighted by Crippen LogP contribution is -2.66. The van der Waals surface area contributed by atoms with Gasteiger partial charge in [-0.25, -0.2) is 0 Å². The molecule has 19 nitrogen and oxygen atoms in total. The van der Waals surface area contributed by atoms with E-state index < -0.39 is 124 Å². The van der Waals surface area contributed by atoms with Crippen LogP contribution in [0.15, 0.2) is 85.1 Å². The normalized spacial score (nSPS) is 25.1. The van der Waals surface area contributed by atoms with E-state index in [9.17, 15) is 61.0 Å². The molecule has 114 heavy (non-hydrogen) atoms. The number of rotatable bonds is 76. The third-order valence-electron chi connectivity index (χ3n) is 22.9.